The maximum absolute atomic E-state index is 13.3. The lowest BCUT2D eigenvalue weighted by atomic mass is 9.67. The van der Waals surface area contributed by atoms with Gasteiger partial charge in [0.1, 0.15) is 17.8 Å². The van der Waals surface area contributed by atoms with E-state index < -0.39 is 11.6 Å². The van der Waals surface area contributed by atoms with Crippen LogP contribution in [0.25, 0.3) is 0 Å². The van der Waals surface area contributed by atoms with E-state index in [1.165, 1.54) is 0 Å². The smallest absolute Gasteiger partial charge is 0.325 e. The number of carbonyl (C=O) groups excluding carboxylic acids is 3. The van der Waals surface area contributed by atoms with Crippen molar-refractivity contribution in [3.63, 3.8) is 0 Å². The first-order valence-corrected chi connectivity index (χ1v) is 11.7. The second-order valence-corrected chi connectivity index (χ2v) is 10.6. The maximum Gasteiger partial charge on any atom is 0.325 e. The van der Waals surface area contributed by atoms with Crippen LogP contribution in [-0.2, 0) is 16.1 Å². The number of urea groups is 1. The molecule has 7 heteroatoms. The maximum atomic E-state index is 13.3. The van der Waals surface area contributed by atoms with Gasteiger partial charge in [-0.3, -0.25) is 14.5 Å². The summed E-state index contributed by atoms with van der Waals surface area (Å²) < 4.78 is 5.20. The van der Waals surface area contributed by atoms with Gasteiger partial charge in [0.15, 0.2) is 0 Å². The summed E-state index contributed by atoms with van der Waals surface area (Å²) in [5.74, 6) is 0.892. The van der Waals surface area contributed by atoms with Gasteiger partial charge in [0.2, 0.25) is 5.91 Å². The number of nitrogens with zero attached hydrogens (tertiary/aromatic N) is 2. The number of hydrogen-bond donors (Lipinski definition) is 1. The average Bonchev–Trinajstić information content (AvgIpc) is 3.57. The summed E-state index contributed by atoms with van der Waals surface area (Å²) in [4.78, 5) is 42.1. The lowest BCUT2D eigenvalue weighted by Gasteiger charge is -2.40. The summed E-state index contributed by atoms with van der Waals surface area (Å²) in [6.45, 7) is 6.96. The van der Waals surface area contributed by atoms with Crippen LogP contribution < -0.4 is 10.1 Å². The topological polar surface area (TPSA) is 79.0 Å². The van der Waals surface area contributed by atoms with E-state index in [9.17, 15) is 14.4 Å². The Morgan fingerprint density at radius 1 is 1.12 bits per heavy atom. The normalized spacial score (nSPS) is 25.8. The van der Waals surface area contributed by atoms with E-state index in [-0.39, 0.29) is 29.8 Å². The van der Waals surface area contributed by atoms with E-state index >= 15 is 0 Å². The fraction of sp³-hybridized carbons (Fsp3) is 0.640. The molecule has 1 aliphatic heterocycles. The first-order chi connectivity index (χ1) is 15.1. The largest absolute Gasteiger partial charge is 0.497 e. The monoisotopic (exact) mass is 441 g/mol. The van der Waals surface area contributed by atoms with Crippen molar-refractivity contribution >= 4 is 17.8 Å². The molecule has 0 bridgehead atoms. The Balaban J connectivity index is 1.41. The second-order valence-electron chi connectivity index (χ2n) is 10.6. The van der Waals surface area contributed by atoms with Crippen molar-refractivity contribution in [2.24, 2.45) is 11.3 Å². The molecule has 1 saturated heterocycles. The first kappa shape index (κ1) is 22.6. The summed E-state index contributed by atoms with van der Waals surface area (Å²) in [7, 11) is 1.62. The van der Waals surface area contributed by atoms with Crippen molar-refractivity contribution < 1.29 is 19.1 Å². The van der Waals surface area contributed by atoms with Crippen molar-refractivity contribution in [2.45, 2.75) is 77.4 Å². The Hall–Kier alpha value is -2.57. The standard InChI is InChI=1S/C25H35N3O4/c1-24(2,3)18-11-13-25(14-12-18)22(30)28(23(31)26-25)16-21(29)27(19-7-8-19)15-17-5-9-20(32-4)10-6-17/h5-6,9-10,18-19H,7-8,11-16H2,1-4H3,(H,26,31). The Morgan fingerprint density at radius 2 is 1.75 bits per heavy atom. The van der Waals surface area contributed by atoms with E-state index in [0.29, 0.717) is 25.3 Å². The molecule has 3 aliphatic rings. The summed E-state index contributed by atoms with van der Waals surface area (Å²) in [6, 6.07) is 7.38. The highest BCUT2D eigenvalue weighted by Crippen LogP contribution is 2.43. The Morgan fingerprint density at radius 3 is 2.28 bits per heavy atom. The molecule has 1 spiro atoms. The van der Waals surface area contributed by atoms with E-state index in [1.807, 2.05) is 29.2 Å². The van der Waals surface area contributed by atoms with Gasteiger partial charge in [-0.05, 0) is 67.6 Å². The van der Waals surface area contributed by atoms with Crippen LogP contribution in [0.15, 0.2) is 24.3 Å². The molecule has 32 heavy (non-hydrogen) atoms. The lowest BCUT2D eigenvalue weighted by molar-refractivity contribution is -0.140. The van der Waals surface area contributed by atoms with Crippen LogP contribution in [0, 0.1) is 11.3 Å². The second kappa shape index (κ2) is 8.41. The molecule has 1 aromatic carbocycles. The zero-order valence-electron chi connectivity index (χ0n) is 19.6. The molecule has 2 aliphatic carbocycles. The van der Waals surface area contributed by atoms with Gasteiger partial charge in [-0.15, -0.1) is 0 Å². The van der Waals surface area contributed by atoms with E-state index in [1.54, 1.807) is 7.11 Å². The molecular formula is C25H35N3O4. The average molecular weight is 442 g/mol. The number of nitrogens with one attached hydrogen (secondary N) is 1. The van der Waals surface area contributed by atoms with Crippen LogP contribution in [0.5, 0.6) is 5.75 Å². The minimum absolute atomic E-state index is 0.174. The molecule has 0 atom stereocenters. The minimum atomic E-state index is -0.834. The van der Waals surface area contributed by atoms with Gasteiger partial charge in [0, 0.05) is 12.6 Å². The van der Waals surface area contributed by atoms with Crippen molar-refractivity contribution in [3.8, 4) is 5.75 Å². The number of methoxy groups -OCH3 is 1. The molecule has 7 nitrogen and oxygen atoms in total. The molecule has 2 saturated carbocycles. The zero-order valence-corrected chi connectivity index (χ0v) is 19.6. The van der Waals surface area contributed by atoms with Gasteiger partial charge in [-0.1, -0.05) is 32.9 Å². The van der Waals surface area contributed by atoms with Gasteiger partial charge >= 0.3 is 6.03 Å². The van der Waals surface area contributed by atoms with Crippen molar-refractivity contribution in [1.29, 1.82) is 0 Å². The highest BCUT2D eigenvalue weighted by atomic mass is 16.5. The first-order valence-electron chi connectivity index (χ1n) is 11.7. The third-order valence-corrected chi connectivity index (χ3v) is 7.42. The molecule has 0 aromatic heterocycles. The number of rotatable bonds is 6. The van der Waals surface area contributed by atoms with Crippen LogP contribution in [0.1, 0.15) is 64.9 Å². The molecule has 0 unspecified atom stereocenters. The zero-order chi connectivity index (χ0) is 23.1. The van der Waals surface area contributed by atoms with Crippen molar-refractivity contribution in [1.82, 2.24) is 15.1 Å². The predicted molar refractivity (Wildman–Crippen MR) is 121 cm³/mol. The van der Waals surface area contributed by atoms with Crippen LogP contribution in [0.4, 0.5) is 4.79 Å². The third-order valence-electron chi connectivity index (χ3n) is 7.42. The molecule has 4 rings (SSSR count). The Kier molecular flexibility index (Phi) is 5.94. The molecule has 0 radical (unpaired) electrons. The number of amides is 4. The molecule has 1 heterocycles. The highest BCUT2D eigenvalue weighted by Gasteiger charge is 2.54. The van der Waals surface area contributed by atoms with Crippen LogP contribution in [-0.4, -0.2) is 52.9 Å². The van der Waals surface area contributed by atoms with Crippen LogP contribution in [0.2, 0.25) is 0 Å². The van der Waals surface area contributed by atoms with Gasteiger partial charge in [-0.2, -0.15) is 0 Å². The Labute approximate surface area is 190 Å². The van der Waals surface area contributed by atoms with Crippen LogP contribution in [0.3, 0.4) is 0 Å². The van der Waals surface area contributed by atoms with Gasteiger partial charge < -0.3 is 15.0 Å². The van der Waals surface area contributed by atoms with E-state index in [0.717, 1.165) is 41.9 Å². The number of imide groups is 1. The van der Waals surface area contributed by atoms with Crippen LogP contribution >= 0.6 is 0 Å². The third kappa shape index (κ3) is 4.48. The number of hydrogen-bond acceptors (Lipinski definition) is 4. The summed E-state index contributed by atoms with van der Waals surface area (Å²) in [5.41, 5.74) is 0.356. The summed E-state index contributed by atoms with van der Waals surface area (Å²) in [5, 5.41) is 2.95. The molecule has 1 aromatic rings. The fourth-order valence-corrected chi connectivity index (χ4v) is 5.10. The summed E-state index contributed by atoms with van der Waals surface area (Å²) in [6.07, 6.45) is 5.01. The van der Waals surface area contributed by atoms with Gasteiger partial charge in [-0.25, -0.2) is 4.79 Å². The number of benzene rings is 1. The molecular weight excluding hydrogens is 406 g/mol. The quantitative estimate of drug-likeness (QED) is 0.683. The van der Waals surface area contributed by atoms with Gasteiger partial charge in [0.25, 0.3) is 5.91 Å². The molecule has 4 amide bonds. The fourth-order valence-electron chi connectivity index (χ4n) is 5.10. The number of ether oxygens (including phenoxy) is 1. The molecule has 1 N–H and O–H groups in total. The van der Waals surface area contributed by atoms with E-state index in [2.05, 4.69) is 26.1 Å². The Bertz CT molecular complexity index is 877. The summed E-state index contributed by atoms with van der Waals surface area (Å²) >= 11 is 0. The lowest BCUT2D eigenvalue weighted by Crippen LogP contribution is -2.51. The van der Waals surface area contributed by atoms with Crippen molar-refractivity contribution in [2.75, 3.05) is 13.7 Å². The highest BCUT2D eigenvalue weighted by molar-refractivity contribution is 6.09. The van der Waals surface area contributed by atoms with Gasteiger partial charge in [0.05, 0.1) is 7.11 Å². The number of carbonyl (C=O) groups is 3. The van der Waals surface area contributed by atoms with Crippen molar-refractivity contribution in [3.05, 3.63) is 29.8 Å². The minimum Gasteiger partial charge on any atom is -0.497 e. The molecule has 174 valence electrons. The van der Waals surface area contributed by atoms with E-state index in [4.69, 9.17) is 4.74 Å². The predicted octanol–water partition coefficient (Wildman–Crippen LogP) is 3.71. The molecule has 3 fully saturated rings. The SMILES string of the molecule is COc1ccc(CN(C(=O)CN2C(=O)NC3(CCC(C(C)(C)C)CC3)C2=O)C2CC2)cc1.